The first-order valence-corrected chi connectivity index (χ1v) is 9.95. The van der Waals surface area contributed by atoms with Gasteiger partial charge in [-0.2, -0.15) is 13.2 Å². The SMILES string of the molecule is COc1ccccc1N1C(=O)CC(N2CCN(c3cccc(C(F)(F)F)c3)CC2)C1=O. The maximum Gasteiger partial charge on any atom is 0.416 e. The quantitative estimate of drug-likeness (QED) is 0.694. The summed E-state index contributed by atoms with van der Waals surface area (Å²) in [4.78, 5) is 30.7. The fourth-order valence-corrected chi connectivity index (χ4v) is 4.14. The number of benzene rings is 2. The molecule has 164 valence electrons. The van der Waals surface area contributed by atoms with E-state index in [4.69, 9.17) is 4.74 Å². The van der Waals surface area contributed by atoms with Crippen LogP contribution in [0.25, 0.3) is 0 Å². The molecule has 2 amide bonds. The zero-order chi connectivity index (χ0) is 22.2. The number of nitrogens with zero attached hydrogens (tertiary/aromatic N) is 3. The van der Waals surface area contributed by atoms with E-state index in [9.17, 15) is 22.8 Å². The summed E-state index contributed by atoms with van der Waals surface area (Å²) >= 11 is 0. The Balaban J connectivity index is 1.45. The number of imide groups is 1. The number of ether oxygens (including phenoxy) is 1. The van der Waals surface area contributed by atoms with Crippen LogP contribution in [0, 0.1) is 0 Å². The van der Waals surface area contributed by atoms with Gasteiger partial charge in [-0.15, -0.1) is 0 Å². The molecule has 2 aliphatic heterocycles. The van der Waals surface area contributed by atoms with Gasteiger partial charge in [-0.3, -0.25) is 14.5 Å². The third-order valence-corrected chi connectivity index (χ3v) is 5.74. The third-order valence-electron chi connectivity index (χ3n) is 5.74. The van der Waals surface area contributed by atoms with Crippen molar-refractivity contribution in [3.8, 4) is 5.75 Å². The number of alkyl halides is 3. The molecular weight excluding hydrogens is 411 g/mol. The Morgan fingerprint density at radius 2 is 1.68 bits per heavy atom. The number of para-hydroxylation sites is 2. The van der Waals surface area contributed by atoms with E-state index < -0.39 is 17.8 Å². The highest BCUT2D eigenvalue weighted by molar-refractivity contribution is 6.23. The van der Waals surface area contributed by atoms with E-state index in [2.05, 4.69) is 0 Å². The molecule has 1 atom stereocenters. The lowest BCUT2D eigenvalue weighted by molar-refractivity contribution is -0.137. The highest BCUT2D eigenvalue weighted by atomic mass is 19.4. The van der Waals surface area contributed by atoms with Crippen LogP contribution in [0.1, 0.15) is 12.0 Å². The van der Waals surface area contributed by atoms with Crippen molar-refractivity contribution in [2.75, 3.05) is 43.1 Å². The molecule has 0 radical (unpaired) electrons. The van der Waals surface area contributed by atoms with Gasteiger partial charge in [0.15, 0.2) is 0 Å². The van der Waals surface area contributed by atoms with E-state index in [1.807, 2.05) is 9.80 Å². The number of methoxy groups -OCH3 is 1. The molecule has 0 saturated carbocycles. The lowest BCUT2D eigenvalue weighted by Gasteiger charge is -2.38. The minimum Gasteiger partial charge on any atom is -0.495 e. The first-order valence-electron chi connectivity index (χ1n) is 9.95. The van der Waals surface area contributed by atoms with Crippen LogP contribution in [-0.2, 0) is 15.8 Å². The molecule has 6 nitrogen and oxygen atoms in total. The van der Waals surface area contributed by atoms with Crippen LogP contribution in [0.15, 0.2) is 48.5 Å². The maximum atomic E-state index is 13.1. The molecule has 2 aromatic carbocycles. The normalized spacial score (nSPS) is 20.5. The highest BCUT2D eigenvalue weighted by Crippen LogP contribution is 2.34. The molecule has 0 aromatic heterocycles. The van der Waals surface area contributed by atoms with Gasteiger partial charge in [0.05, 0.1) is 30.8 Å². The Hall–Kier alpha value is -3.07. The van der Waals surface area contributed by atoms with Crippen LogP contribution in [0.2, 0.25) is 0 Å². The Morgan fingerprint density at radius 1 is 0.968 bits per heavy atom. The molecule has 2 aromatic rings. The van der Waals surface area contributed by atoms with Crippen LogP contribution >= 0.6 is 0 Å². The lowest BCUT2D eigenvalue weighted by atomic mass is 10.1. The van der Waals surface area contributed by atoms with Crippen molar-refractivity contribution in [3.05, 3.63) is 54.1 Å². The Morgan fingerprint density at radius 3 is 2.35 bits per heavy atom. The molecular formula is C22H22F3N3O3. The van der Waals surface area contributed by atoms with Crippen molar-refractivity contribution >= 4 is 23.2 Å². The number of halogens is 3. The third kappa shape index (κ3) is 4.10. The molecule has 31 heavy (non-hydrogen) atoms. The fourth-order valence-electron chi connectivity index (χ4n) is 4.14. The van der Waals surface area contributed by atoms with Gasteiger partial charge < -0.3 is 9.64 Å². The Kier molecular flexibility index (Phi) is 5.62. The molecule has 0 aliphatic carbocycles. The molecule has 1 unspecified atom stereocenters. The van der Waals surface area contributed by atoms with Crippen molar-refractivity contribution < 1.29 is 27.5 Å². The maximum absolute atomic E-state index is 13.1. The number of piperazine rings is 1. The van der Waals surface area contributed by atoms with E-state index in [0.29, 0.717) is 43.3 Å². The number of carbonyl (C=O) groups is 2. The van der Waals surface area contributed by atoms with Crippen molar-refractivity contribution in [2.24, 2.45) is 0 Å². The molecule has 2 fully saturated rings. The minimum atomic E-state index is -4.39. The van der Waals surface area contributed by atoms with Crippen molar-refractivity contribution in [3.63, 3.8) is 0 Å². The van der Waals surface area contributed by atoms with E-state index in [-0.39, 0.29) is 18.2 Å². The number of rotatable bonds is 4. The van der Waals surface area contributed by atoms with Gasteiger partial charge in [-0.05, 0) is 30.3 Å². The predicted octanol–water partition coefficient (Wildman–Crippen LogP) is 3.17. The molecule has 9 heteroatoms. The summed E-state index contributed by atoms with van der Waals surface area (Å²) in [6.07, 6.45) is -4.32. The minimum absolute atomic E-state index is 0.0699. The molecule has 0 N–H and O–H groups in total. The van der Waals surface area contributed by atoms with Gasteiger partial charge in [0.25, 0.3) is 5.91 Å². The van der Waals surface area contributed by atoms with Gasteiger partial charge in [-0.1, -0.05) is 18.2 Å². The van der Waals surface area contributed by atoms with E-state index >= 15 is 0 Å². The van der Waals surface area contributed by atoms with Crippen molar-refractivity contribution in [1.29, 1.82) is 0 Å². The summed E-state index contributed by atoms with van der Waals surface area (Å²) in [7, 11) is 1.48. The van der Waals surface area contributed by atoms with E-state index in [0.717, 1.165) is 12.1 Å². The van der Waals surface area contributed by atoms with Crippen LogP contribution in [0.4, 0.5) is 24.5 Å². The summed E-state index contributed by atoms with van der Waals surface area (Å²) < 4.78 is 44.3. The molecule has 2 saturated heterocycles. The summed E-state index contributed by atoms with van der Waals surface area (Å²) in [6.45, 7) is 1.88. The van der Waals surface area contributed by atoms with Gasteiger partial charge in [-0.25, -0.2) is 4.90 Å². The van der Waals surface area contributed by atoms with Crippen molar-refractivity contribution in [1.82, 2.24) is 4.90 Å². The first kappa shape index (κ1) is 21.2. The number of amides is 2. The fraction of sp³-hybridized carbons (Fsp3) is 0.364. The second kappa shape index (κ2) is 8.22. The van der Waals surface area contributed by atoms with Crippen LogP contribution in [0.5, 0.6) is 5.75 Å². The van der Waals surface area contributed by atoms with Crippen molar-refractivity contribution in [2.45, 2.75) is 18.6 Å². The second-order valence-electron chi connectivity index (χ2n) is 7.53. The monoisotopic (exact) mass is 433 g/mol. The number of hydrogen-bond donors (Lipinski definition) is 0. The highest BCUT2D eigenvalue weighted by Gasteiger charge is 2.44. The van der Waals surface area contributed by atoms with E-state index in [1.54, 1.807) is 30.3 Å². The standard InChI is InChI=1S/C22H22F3N3O3/c1-31-19-8-3-2-7-17(19)28-20(29)14-18(21(28)30)27-11-9-26(10-12-27)16-6-4-5-15(13-16)22(23,24)25/h2-8,13,18H,9-12,14H2,1H3. The number of carbonyl (C=O) groups excluding carboxylic acids is 2. The Bertz CT molecular complexity index is 987. The molecule has 0 bridgehead atoms. The van der Waals surface area contributed by atoms with Gasteiger partial charge in [0.2, 0.25) is 5.91 Å². The van der Waals surface area contributed by atoms with Gasteiger partial charge >= 0.3 is 6.18 Å². The summed E-state index contributed by atoms with van der Waals surface area (Å²) in [5.41, 5.74) is 0.237. The largest absolute Gasteiger partial charge is 0.495 e. The van der Waals surface area contributed by atoms with Crippen LogP contribution in [-0.4, -0.2) is 56.0 Å². The van der Waals surface area contributed by atoms with Crippen LogP contribution in [0.3, 0.4) is 0 Å². The summed E-state index contributed by atoms with van der Waals surface area (Å²) in [5.74, 6) is -0.152. The first-order chi connectivity index (χ1) is 14.8. The zero-order valence-corrected chi connectivity index (χ0v) is 16.9. The average Bonchev–Trinajstić information content (AvgIpc) is 3.07. The summed E-state index contributed by atoms with van der Waals surface area (Å²) in [6, 6.07) is 11.5. The zero-order valence-electron chi connectivity index (χ0n) is 16.9. The topological polar surface area (TPSA) is 53.1 Å². The second-order valence-corrected chi connectivity index (χ2v) is 7.53. The smallest absolute Gasteiger partial charge is 0.416 e. The average molecular weight is 433 g/mol. The molecule has 4 rings (SSSR count). The predicted molar refractivity (Wildman–Crippen MR) is 109 cm³/mol. The van der Waals surface area contributed by atoms with Gasteiger partial charge in [0.1, 0.15) is 5.75 Å². The lowest BCUT2D eigenvalue weighted by Crippen LogP contribution is -2.52. The van der Waals surface area contributed by atoms with Gasteiger partial charge in [0, 0.05) is 31.9 Å². The molecule has 2 aliphatic rings. The number of anilines is 2. The van der Waals surface area contributed by atoms with Crippen LogP contribution < -0.4 is 14.5 Å². The summed E-state index contributed by atoms with van der Waals surface area (Å²) in [5, 5.41) is 0. The van der Waals surface area contributed by atoms with E-state index in [1.165, 1.54) is 18.1 Å². The molecule has 2 heterocycles. The molecule has 0 spiro atoms. The number of hydrogen-bond acceptors (Lipinski definition) is 5. The Labute approximate surface area is 177 Å².